The molecular weight excluding hydrogens is 2400 g/mol. The van der Waals surface area contributed by atoms with E-state index in [1.807, 2.05) is 233 Å². The van der Waals surface area contributed by atoms with Crippen molar-refractivity contribution in [2.45, 2.75) is 0 Å². The molecule has 135 heavy (non-hydrogen) atoms. The maximum atomic E-state index is 6.08. The van der Waals surface area contributed by atoms with Gasteiger partial charge in [-0.05, 0) is 96.0 Å². The second-order valence-electron chi connectivity index (χ2n) is 31.2. The first-order valence-electron chi connectivity index (χ1n) is 42.6. The first-order valence-corrected chi connectivity index (χ1v) is 42.6. The molecule has 17 nitrogen and oxygen atoms in total. The molecule has 0 aliphatic heterocycles. The third-order valence-corrected chi connectivity index (χ3v) is 23.1. The van der Waals surface area contributed by atoms with Gasteiger partial charge < -0.3 is 59.4 Å². The fraction of sp³-hybridized carbons (Fsp3) is 0.0351. The van der Waals surface area contributed by atoms with Gasteiger partial charge in [0.15, 0.2) is 22.7 Å². The van der Waals surface area contributed by atoms with E-state index in [1.165, 1.54) is 22.7 Å². The average Bonchev–Trinajstić information content (AvgIpc) is 1.65. The Balaban J connectivity index is 0.000000119. The molecule has 21 heteroatoms. The van der Waals surface area contributed by atoms with Crippen molar-refractivity contribution in [2.75, 3.05) is 16.5 Å². The normalized spacial score (nSPS) is 11.1. The van der Waals surface area contributed by atoms with Crippen LogP contribution < -0.4 is 14.4 Å². The topological polar surface area (TPSA) is 144 Å². The second kappa shape index (κ2) is 40.4. The number of aliphatic imine (C=N–C) groups is 1. The summed E-state index contributed by atoms with van der Waals surface area (Å²) in [6, 6.07) is 140. The molecule has 0 fully saturated rings. The predicted octanol–water partition coefficient (Wildman–Crippen LogP) is 25.7. The monoisotopic (exact) mass is 2480 g/mol. The molecule has 13 heterocycles. The summed E-state index contributed by atoms with van der Waals surface area (Å²) in [4.78, 5) is 23.8. The number of aryl methyl sites for hydroxylation is 3. The van der Waals surface area contributed by atoms with E-state index >= 15 is 0 Å². The number of hydrogen-bond acceptors (Lipinski definition) is 10. The minimum atomic E-state index is 0. The van der Waals surface area contributed by atoms with Gasteiger partial charge in [0.1, 0.15) is 30.0 Å². The number of pyridine rings is 2. The van der Waals surface area contributed by atoms with Crippen molar-refractivity contribution in [3.8, 4) is 79.1 Å². The van der Waals surface area contributed by atoms with Gasteiger partial charge in [-0.2, -0.15) is 102 Å². The average molecular weight is 2480 g/mol. The molecular formula is C114H74Au4N13O4+. The van der Waals surface area contributed by atoms with Crippen LogP contribution in [0.4, 0.5) is 28.6 Å². The third kappa shape index (κ3) is 18.2. The molecule has 13 aromatic heterocycles. The van der Waals surface area contributed by atoms with E-state index in [9.17, 15) is 0 Å². The van der Waals surface area contributed by atoms with Crippen molar-refractivity contribution in [1.29, 1.82) is 0 Å². The fourth-order valence-electron chi connectivity index (χ4n) is 17.0. The van der Waals surface area contributed by atoms with Crippen LogP contribution in [0.1, 0.15) is 5.56 Å². The zero-order valence-electron chi connectivity index (χ0n) is 72.2. The number of furan rings is 3. The van der Waals surface area contributed by atoms with Gasteiger partial charge in [0, 0.05) is 65.9 Å². The Labute approximate surface area is 840 Å². The maximum Gasteiger partial charge on any atom is 3.00 e. The number of para-hydroxylation sites is 5. The SMILES string of the molecule is Cn1[c-]c(-c2nc3c(ccn3-c3[c-]c(-n4[c-]ccc4)ccc3)o2)c2ccccc21.Cn1cc(-c2[c-]c(N(CN=Cc3coc4oc[c-]c34)c3ccccc3)ccc2)c2[cH-]c[n+](C)c21.[Au+3].[Au+3].[Au+3].[Au+3].[c-]1c(-c2cccc3oc[c-]c23)cccc1N(c1ccccc1)c1cccc(-n2ccc3ccc[c-]c32)n1.[c-]1ccccc1-c1[c-]c2c(cc1)c1ccccc1n2-c1cccc(-c2[c-]cccc2)n1. The first kappa shape index (κ1) is 90.8. The van der Waals surface area contributed by atoms with Crippen LogP contribution in [0.15, 0.2) is 400 Å². The molecule has 0 atom stereocenters. The van der Waals surface area contributed by atoms with Crippen LogP contribution in [0.25, 0.3) is 167 Å². The van der Waals surface area contributed by atoms with Crippen LogP contribution in [0.2, 0.25) is 0 Å². The summed E-state index contributed by atoms with van der Waals surface area (Å²) < 4.78 is 36.7. The van der Waals surface area contributed by atoms with Crippen LogP contribution in [0.5, 0.6) is 0 Å². The molecule has 662 valence electrons. The van der Waals surface area contributed by atoms with Gasteiger partial charge in [-0.25, -0.2) is 21.1 Å². The Morgan fingerprint density at radius 2 is 1.16 bits per heavy atom. The Kier molecular flexibility index (Phi) is 27.1. The van der Waals surface area contributed by atoms with E-state index in [4.69, 9.17) is 37.6 Å². The van der Waals surface area contributed by atoms with Crippen molar-refractivity contribution < 1.29 is 112 Å². The number of benzene rings is 12. The third-order valence-electron chi connectivity index (χ3n) is 23.1. The van der Waals surface area contributed by atoms with Crippen molar-refractivity contribution in [2.24, 2.45) is 26.1 Å². The Bertz CT molecular complexity index is 8430. The summed E-state index contributed by atoms with van der Waals surface area (Å²) in [6.07, 6.45) is 23.2. The molecule has 0 amide bonds. The smallest absolute Gasteiger partial charge is 0.535 e. The number of oxazole rings is 1. The van der Waals surface area contributed by atoms with E-state index < -0.39 is 0 Å². The summed E-state index contributed by atoms with van der Waals surface area (Å²) in [6.45, 7) is 0.421. The molecule has 12 aromatic carbocycles. The number of anilines is 5. The standard InChI is InChI=1S/C33H20N3O.C29H17N2.C28H22N4O2.C24H15N4O.4Au/c1-2-11-26(12-3-1)36(27-13-6-10-25(23-27)28-14-7-16-31-29(28)20-22-37-31)33-18-8-17-32(34-33)35-21-19-24-9-4-5-15-30(24)35;1-3-10-21(11-4-1)23-18-19-25-24-14-7-8-16-27(24)31(28(25)20-23)29-17-9-15-26(30-29)22-12-5-2-6-13-22;1-30-13-11-25-26(17-31(2)27(25)30)20-7-6-10-23(15-20)32(22-8-4-3-5-9-22)19-29-16-21-18-34-28-24(21)12-14-33-28;1-26-16-20(19-9-2-3-10-21(19)26)24-25-23-22(29-24)11-14-28(23)18-8-6-7-17(15-18)27-12-4-5-13-27;;;;/h1-14,16-19,21-22H;1-10,12,14-19H;3-11,13-14,16-18H,19H2,1-2H3;2-12,14H,1H3;;;;/q2*-3;-2;-3;4*+3. The number of nitrogens with zero attached hydrogens (tertiary/aromatic N) is 13. The summed E-state index contributed by atoms with van der Waals surface area (Å²) in [7, 11) is 6.12. The summed E-state index contributed by atoms with van der Waals surface area (Å²) >= 11 is 0. The number of hydrogen-bond donors (Lipinski definition) is 0. The van der Waals surface area contributed by atoms with Crippen LogP contribution in [0, 0.1) is 67.0 Å². The molecule has 0 saturated carbocycles. The molecule has 25 aromatic rings. The van der Waals surface area contributed by atoms with Gasteiger partial charge in [-0.1, -0.05) is 171 Å². The first-order chi connectivity index (χ1) is 64.7. The molecule has 0 aliphatic rings. The van der Waals surface area contributed by atoms with Crippen molar-refractivity contribution in [3.05, 3.63) is 450 Å². The molecule has 25 rings (SSSR count). The van der Waals surface area contributed by atoms with E-state index in [-0.39, 0.29) is 89.5 Å². The quantitative estimate of drug-likeness (QED) is 0.0377. The summed E-state index contributed by atoms with van der Waals surface area (Å²) in [5.41, 5.74) is 23.2. The Hall–Kier alpha value is -14.7. The number of rotatable bonds is 17. The van der Waals surface area contributed by atoms with Gasteiger partial charge in [0.05, 0.1) is 14.1 Å². The molecule has 0 saturated heterocycles. The Morgan fingerprint density at radius 1 is 0.474 bits per heavy atom. The second-order valence-corrected chi connectivity index (χ2v) is 31.2. The van der Waals surface area contributed by atoms with Crippen molar-refractivity contribution in [3.63, 3.8) is 0 Å². The van der Waals surface area contributed by atoms with Crippen LogP contribution in [-0.2, 0) is 111 Å². The predicted molar refractivity (Wildman–Crippen MR) is 517 cm³/mol. The number of aromatic nitrogens is 10. The van der Waals surface area contributed by atoms with Gasteiger partial charge >= 0.3 is 89.5 Å². The van der Waals surface area contributed by atoms with Crippen LogP contribution >= 0.6 is 0 Å². The maximum absolute atomic E-state index is 6.08. The van der Waals surface area contributed by atoms with Crippen LogP contribution in [-0.4, -0.2) is 55.2 Å². The Morgan fingerprint density at radius 3 is 1.98 bits per heavy atom. The summed E-state index contributed by atoms with van der Waals surface area (Å²) in [5, 5.41) is 7.49. The van der Waals surface area contributed by atoms with E-state index in [0.29, 0.717) is 18.3 Å². The van der Waals surface area contributed by atoms with Gasteiger partial charge in [-0.15, -0.1) is 167 Å². The molecule has 0 bridgehead atoms. The van der Waals surface area contributed by atoms with Crippen LogP contribution in [0.3, 0.4) is 0 Å². The zero-order valence-corrected chi connectivity index (χ0v) is 80.9. The fourth-order valence-corrected chi connectivity index (χ4v) is 17.0. The largest absolute Gasteiger partial charge is 3.00 e. The van der Waals surface area contributed by atoms with Crippen molar-refractivity contribution >= 4 is 123 Å². The van der Waals surface area contributed by atoms with E-state index in [0.717, 1.165) is 173 Å². The molecule has 0 N–H and O–H groups in total. The van der Waals surface area contributed by atoms with Gasteiger partial charge in [0.25, 0.3) is 0 Å². The van der Waals surface area contributed by atoms with E-state index in [1.54, 1.807) is 18.7 Å². The summed E-state index contributed by atoms with van der Waals surface area (Å²) in [5.74, 6) is 3.51. The van der Waals surface area contributed by atoms with Gasteiger partial charge in [-0.3, -0.25) is 9.98 Å². The molecule has 0 aliphatic carbocycles. The molecule has 0 spiro atoms. The minimum Gasteiger partial charge on any atom is -0.535 e. The van der Waals surface area contributed by atoms with Gasteiger partial charge in [0.2, 0.25) is 0 Å². The number of fused-ring (bicyclic) bond motifs is 9. The molecule has 0 unspecified atom stereocenters. The molecule has 0 radical (unpaired) electrons. The zero-order chi connectivity index (χ0) is 87.7. The van der Waals surface area contributed by atoms with E-state index in [2.05, 4.69) is 255 Å². The minimum absolute atomic E-state index is 0. The van der Waals surface area contributed by atoms with Crippen molar-refractivity contribution in [1.82, 2.24) is 42.4 Å².